The van der Waals surface area contributed by atoms with Gasteiger partial charge in [0.15, 0.2) is 0 Å². The average Bonchev–Trinajstić information content (AvgIpc) is 2.53. The van der Waals surface area contributed by atoms with Crippen LogP contribution in [0.5, 0.6) is 0 Å². The van der Waals surface area contributed by atoms with Crippen molar-refractivity contribution in [3.05, 3.63) is 12.7 Å². The number of carbonyl (C=O) groups excluding carboxylic acids is 1. The van der Waals surface area contributed by atoms with Crippen LogP contribution < -0.4 is 5.32 Å². The van der Waals surface area contributed by atoms with Crippen LogP contribution in [0.4, 0.5) is 0 Å². The summed E-state index contributed by atoms with van der Waals surface area (Å²) >= 11 is 0. The molecule has 2 fully saturated rings. The third-order valence-corrected chi connectivity index (χ3v) is 6.20. The Kier molecular flexibility index (Phi) is 8.70. The zero-order chi connectivity index (χ0) is 16.9. The van der Waals surface area contributed by atoms with Gasteiger partial charge in [-0.05, 0) is 44.7 Å². The van der Waals surface area contributed by atoms with E-state index >= 15 is 0 Å². The lowest BCUT2D eigenvalue weighted by atomic mass is 9.93. The van der Waals surface area contributed by atoms with E-state index in [1.165, 1.54) is 10.6 Å². The molecular formula is C16H30ClN3O3S. The van der Waals surface area contributed by atoms with Crippen LogP contribution in [0.15, 0.2) is 12.7 Å². The van der Waals surface area contributed by atoms with Crippen molar-refractivity contribution in [2.45, 2.75) is 38.1 Å². The summed E-state index contributed by atoms with van der Waals surface area (Å²) in [4.78, 5) is 14.7. The third kappa shape index (κ3) is 6.02. The van der Waals surface area contributed by atoms with E-state index in [-0.39, 0.29) is 24.2 Å². The van der Waals surface area contributed by atoms with Gasteiger partial charge in [0.25, 0.3) is 0 Å². The van der Waals surface area contributed by atoms with Crippen LogP contribution in [-0.2, 0) is 14.8 Å². The molecule has 2 aliphatic rings. The molecular weight excluding hydrogens is 350 g/mol. The molecule has 6 nitrogen and oxygen atoms in total. The Balaban J connectivity index is 0.00000288. The van der Waals surface area contributed by atoms with Crippen LogP contribution in [0.3, 0.4) is 0 Å². The average molecular weight is 380 g/mol. The van der Waals surface area contributed by atoms with E-state index in [1.807, 2.05) is 4.90 Å². The van der Waals surface area contributed by atoms with Crippen molar-refractivity contribution in [3.63, 3.8) is 0 Å². The zero-order valence-electron chi connectivity index (χ0n) is 14.4. The highest BCUT2D eigenvalue weighted by Crippen LogP contribution is 2.24. The summed E-state index contributed by atoms with van der Waals surface area (Å²) in [6.07, 6.45) is 7.10. The lowest BCUT2D eigenvalue weighted by Crippen LogP contribution is -2.47. The van der Waals surface area contributed by atoms with E-state index in [9.17, 15) is 13.2 Å². The van der Waals surface area contributed by atoms with Gasteiger partial charge >= 0.3 is 0 Å². The maximum absolute atomic E-state index is 12.7. The molecule has 24 heavy (non-hydrogen) atoms. The second-order valence-electron chi connectivity index (χ2n) is 6.63. The molecule has 0 unspecified atom stereocenters. The number of carbonyl (C=O) groups is 1. The zero-order valence-corrected chi connectivity index (χ0v) is 16.1. The van der Waals surface area contributed by atoms with Crippen molar-refractivity contribution in [2.24, 2.45) is 5.92 Å². The van der Waals surface area contributed by atoms with Gasteiger partial charge in [0.2, 0.25) is 15.9 Å². The summed E-state index contributed by atoms with van der Waals surface area (Å²) in [5.74, 6) is 0.476. The van der Waals surface area contributed by atoms with Crippen molar-refractivity contribution in [1.82, 2.24) is 14.5 Å². The predicted octanol–water partition coefficient (Wildman–Crippen LogP) is 1.24. The fraction of sp³-hybridized carbons (Fsp3) is 0.812. The first kappa shape index (κ1) is 21.4. The summed E-state index contributed by atoms with van der Waals surface area (Å²) in [7, 11) is -3.10. The standard InChI is InChI=1S/C16H29N3O3S.ClH/c1-3-10-19(15-4-8-17-9-5-15)16(20)13-14-6-11-18(12-7-14)23(2,21)22;/h3,14-15,17H,1,4-13H2,2H3;1H. The molecule has 1 amide bonds. The van der Waals surface area contributed by atoms with Gasteiger partial charge in [0.1, 0.15) is 0 Å². The minimum absolute atomic E-state index is 0. The molecule has 8 heteroatoms. The Labute approximate surface area is 152 Å². The van der Waals surface area contributed by atoms with Gasteiger partial charge in [-0.15, -0.1) is 19.0 Å². The molecule has 0 radical (unpaired) electrons. The fourth-order valence-electron chi connectivity index (χ4n) is 3.52. The smallest absolute Gasteiger partial charge is 0.223 e. The van der Waals surface area contributed by atoms with E-state index in [1.54, 1.807) is 6.08 Å². The van der Waals surface area contributed by atoms with Gasteiger partial charge in [0.05, 0.1) is 6.26 Å². The number of nitrogens with one attached hydrogen (secondary N) is 1. The molecule has 0 bridgehead atoms. The van der Waals surface area contributed by atoms with Crippen LogP contribution in [0.1, 0.15) is 32.1 Å². The number of nitrogens with zero attached hydrogens (tertiary/aromatic N) is 2. The number of rotatable bonds is 6. The fourth-order valence-corrected chi connectivity index (χ4v) is 4.40. The Morgan fingerprint density at radius 2 is 1.83 bits per heavy atom. The van der Waals surface area contributed by atoms with Crippen LogP contribution in [0, 0.1) is 5.92 Å². The van der Waals surface area contributed by atoms with Crippen LogP contribution in [-0.4, -0.2) is 68.6 Å². The Morgan fingerprint density at radius 1 is 1.25 bits per heavy atom. The molecule has 0 spiro atoms. The third-order valence-electron chi connectivity index (χ3n) is 4.90. The van der Waals surface area contributed by atoms with Gasteiger partial charge in [-0.3, -0.25) is 4.79 Å². The van der Waals surface area contributed by atoms with Gasteiger partial charge in [0, 0.05) is 32.1 Å². The SMILES string of the molecule is C=CCN(C(=O)CC1CCN(S(C)(=O)=O)CC1)C1CCNCC1.Cl. The number of piperidine rings is 2. The van der Waals surface area contributed by atoms with Crippen LogP contribution >= 0.6 is 12.4 Å². The Hall–Kier alpha value is -0.630. The predicted molar refractivity (Wildman–Crippen MR) is 98.8 cm³/mol. The van der Waals surface area contributed by atoms with Gasteiger partial charge < -0.3 is 10.2 Å². The molecule has 0 atom stereocenters. The minimum Gasteiger partial charge on any atom is -0.336 e. The van der Waals surface area contributed by atoms with Crippen molar-refractivity contribution in [1.29, 1.82) is 0 Å². The highest BCUT2D eigenvalue weighted by molar-refractivity contribution is 7.88. The highest BCUT2D eigenvalue weighted by atomic mass is 35.5. The molecule has 2 rings (SSSR count). The number of hydrogen-bond acceptors (Lipinski definition) is 4. The van der Waals surface area contributed by atoms with Crippen molar-refractivity contribution >= 4 is 28.3 Å². The lowest BCUT2D eigenvalue weighted by molar-refractivity contribution is -0.134. The molecule has 140 valence electrons. The van der Waals surface area contributed by atoms with Crippen LogP contribution in [0.25, 0.3) is 0 Å². The number of sulfonamides is 1. The molecule has 0 saturated carbocycles. The molecule has 0 aliphatic carbocycles. The van der Waals surface area contributed by atoms with E-state index < -0.39 is 10.0 Å². The van der Waals surface area contributed by atoms with E-state index in [0.717, 1.165) is 38.8 Å². The van der Waals surface area contributed by atoms with Crippen molar-refractivity contribution < 1.29 is 13.2 Å². The van der Waals surface area contributed by atoms with E-state index in [0.29, 0.717) is 32.1 Å². The molecule has 0 aromatic heterocycles. The number of amides is 1. The van der Waals surface area contributed by atoms with E-state index in [2.05, 4.69) is 11.9 Å². The summed E-state index contributed by atoms with van der Waals surface area (Å²) in [5.41, 5.74) is 0. The maximum atomic E-state index is 12.7. The minimum atomic E-state index is -3.10. The molecule has 2 saturated heterocycles. The highest BCUT2D eigenvalue weighted by Gasteiger charge is 2.29. The molecule has 2 aliphatic heterocycles. The quantitative estimate of drug-likeness (QED) is 0.705. The number of halogens is 1. The largest absolute Gasteiger partial charge is 0.336 e. The summed E-state index contributed by atoms with van der Waals surface area (Å²) in [6.45, 7) is 7.36. The Morgan fingerprint density at radius 3 is 2.33 bits per heavy atom. The second-order valence-corrected chi connectivity index (χ2v) is 8.61. The van der Waals surface area contributed by atoms with Gasteiger partial charge in [-0.1, -0.05) is 6.08 Å². The van der Waals surface area contributed by atoms with Crippen LogP contribution in [0.2, 0.25) is 0 Å². The lowest BCUT2D eigenvalue weighted by Gasteiger charge is -2.36. The first-order valence-corrected chi connectivity index (χ1v) is 10.3. The maximum Gasteiger partial charge on any atom is 0.223 e. The normalized spacial score (nSPS) is 21.0. The topological polar surface area (TPSA) is 69.7 Å². The Bertz CT molecular complexity index is 513. The monoisotopic (exact) mass is 379 g/mol. The molecule has 1 N–H and O–H groups in total. The molecule has 2 heterocycles. The summed E-state index contributed by atoms with van der Waals surface area (Å²) in [5, 5.41) is 3.32. The molecule has 0 aromatic carbocycles. The summed E-state index contributed by atoms with van der Waals surface area (Å²) in [6, 6.07) is 0.304. The van der Waals surface area contributed by atoms with Gasteiger partial charge in [-0.2, -0.15) is 0 Å². The second kappa shape index (κ2) is 9.75. The van der Waals surface area contributed by atoms with Crippen molar-refractivity contribution in [3.8, 4) is 0 Å². The number of hydrogen-bond donors (Lipinski definition) is 1. The van der Waals surface area contributed by atoms with E-state index in [4.69, 9.17) is 0 Å². The first-order valence-electron chi connectivity index (χ1n) is 8.48. The molecule has 0 aromatic rings. The first-order chi connectivity index (χ1) is 10.9. The van der Waals surface area contributed by atoms with Crippen molar-refractivity contribution in [2.75, 3.05) is 39.0 Å². The summed E-state index contributed by atoms with van der Waals surface area (Å²) < 4.78 is 24.6. The van der Waals surface area contributed by atoms with Gasteiger partial charge in [-0.25, -0.2) is 12.7 Å².